The standard InChI is InChI=1S/C17H26ClNS/c1-4-19-16-10-5-13(12(2)3)11-17(16)20-15-8-6-14(18)7-9-15/h6-9,12-13,16-17,19H,4-5,10-11H2,1-3H3. The average Bonchev–Trinajstić information content (AvgIpc) is 2.43. The van der Waals surface area contributed by atoms with Gasteiger partial charge in [-0.3, -0.25) is 0 Å². The molecule has 0 spiro atoms. The van der Waals surface area contributed by atoms with Crippen molar-refractivity contribution < 1.29 is 0 Å². The molecule has 0 saturated heterocycles. The van der Waals surface area contributed by atoms with Crippen LogP contribution in [-0.4, -0.2) is 17.8 Å². The third-order valence-corrected chi connectivity index (χ3v) is 5.96. The zero-order valence-corrected chi connectivity index (χ0v) is 14.3. The lowest BCUT2D eigenvalue weighted by atomic mass is 9.79. The number of halogens is 1. The Hall–Kier alpha value is -0.180. The number of thioether (sulfide) groups is 1. The van der Waals surface area contributed by atoms with E-state index in [2.05, 4.69) is 38.2 Å². The van der Waals surface area contributed by atoms with Crippen molar-refractivity contribution in [1.82, 2.24) is 5.32 Å². The highest BCUT2D eigenvalue weighted by Crippen LogP contribution is 2.39. The van der Waals surface area contributed by atoms with E-state index in [0.717, 1.165) is 23.4 Å². The van der Waals surface area contributed by atoms with E-state index in [4.69, 9.17) is 11.6 Å². The molecule has 3 heteroatoms. The van der Waals surface area contributed by atoms with Crippen LogP contribution in [0.5, 0.6) is 0 Å². The first-order valence-electron chi connectivity index (χ1n) is 7.75. The molecular weight excluding hydrogens is 286 g/mol. The molecule has 1 aromatic carbocycles. The summed E-state index contributed by atoms with van der Waals surface area (Å²) in [6.07, 6.45) is 4.00. The summed E-state index contributed by atoms with van der Waals surface area (Å²) in [5, 5.41) is 5.18. The third-order valence-electron chi connectivity index (χ3n) is 4.34. The Labute approximate surface area is 132 Å². The van der Waals surface area contributed by atoms with Crippen molar-refractivity contribution >= 4 is 23.4 Å². The first-order valence-corrected chi connectivity index (χ1v) is 9.01. The van der Waals surface area contributed by atoms with Crippen LogP contribution in [0.2, 0.25) is 5.02 Å². The maximum Gasteiger partial charge on any atom is 0.0406 e. The molecule has 1 nitrogen and oxygen atoms in total. The van der Waals surface area contributed by atoms with Crippen LogP contribution >= 0.6 is 23.4 Å². The van der Waals surface area contributed by atoms with Gasteiger partial charge in [-0.05, 0) is 61.9 Å². The van der Waals surface area contributed by atoms with Gasteiger partial charge in [0.2, 0.25) is 0 Å². The minimum absolute atomic E-state index is 0.649. The van der Waals surface area contributed by atoms with Crippen molar-refractivity contribution in [3.8, 4) is 0 Å². The van der Waals surface area contributed by atoms with E-state index in [9.17, 15) is 0 Å². The van der Waals surface area contributed by atoms with E-state index in [1.54, 1.807) is 0 Å². The van der Waals surface area contributed by atoms with E-state index in [-0.39, 0.29) is 0 Å². The van der Waals surface area contributed by atoms with Crippen molar-refractivity contribution in [3.05, 3.63) is 29.3 Å². The molecule has 3 atom stereocenters. The predicted molar refractivity (Wildman–Crippen MR) is 90.7 cm³/mol. The predicted octanol–water partition coefficient (Wildman–Crippen LogP) is 5.23. The molecule has 112 valence electrons. The molecule has 0 aromatic heterocycles. The van der Waals surface area contributed by atoms with Crippen molar-refractivity contribution in [1.29, 1.82) is 0 Å². The normalized spacial score (nSPS) is 26.9. The Bertz CT molecular complexity index is 404. The topological polar surface area (TPSA) is 12.0 Å². The molecule has 1 aliphatic rings. The van der Waals surface area contributed by atoms with E-state index in [0.29, 0.717) is 11.3 Å². The van der Waals surface area contributed by atoms with Crippen LogP contribution in [0, 0.1) is 11.8 Å². The van der Waals surface area contributed by atoms with Gasteiger partial charge in [-0.1, -0.05) is 32.4 Å². The monoisotopic (exact) mass is 311 g/mol. The highest BCUT2D eigenvalue weighted by atomic mass is 35.5. The third kappa shape index (κ3) is 4.41. The Kier molecular flexibility index (Phi) is 6.25. The molecule has 1 aliphatic carbocycles. The summed E-state index contributed by atoms with van der Waals surface area (Å²) in [5.74, 6) is 1.67. The van der Waals surface area contributed by atoms with Crippen LogP contribution in [0.4, 0.5) is 0 Å². The fourth-order valence-electron chi connectivity index (χ4n) is 3.08. The smallest absolute Gasteiger partial charge is 0.0406 e. The van der Waals surface area contributed by atoms with Crippen molar-refractivity contribution in [2.24, 2.45) is 11.8 Å². The summed E-state index contributed by atoms with van der Waals surface area (Å²) in [6.45, 7) is 8.00. The van der Waals surface area contributed by atoms with Gasteiger partial charge in [0, 0.05) is 21.2 Å². The van der Waals surface area contributed by atoms with Gasteiger partial charge in [-0.25, -0.2) is 0 Å². The quantitative estimate of drug-likeness (QED) is 0.798. The van der Waals surface area contributed by atoms with Gasteiger partial charge < -0.3 is 5.32 Å². The first kappa shape index (κ1) is 16.2. The van der Waals surface area contributed by atoms with Crippen molar-refractivity contribution in [2.45, 2.75) is 56.2 Å². The van der Waals surface area contributed by atoms with Gasteiger partial charge in [0.25, 0.3) is 0 Å². The molecule has 1 N–H and O–H groups in total. The number of hydrogen-bond donors (Lipinski definition) is 1. The van der Waals surface area contributed by atoms with Crippen LogP contribution in [0.3, 0.4) is 0 Å². The summed E-state index contributed by atoms with van der Waals surface area (Å²) >= 11 is 8.00. The second kappa shape index (κ2) is 7.72. The summed E-state index contributed by atoms with van der Waals surface area (Å²) < 4.78 is 0. The van der Waals surface area contributed by atoms with Gasteiger partial charge in [0.1, 0.15) is 0 Å². The highest BCUT2D eigenvalue weighted by molar-refractivity contribution is 8.00. The van der Waals surface area contributed by atoms with Crippen molar-refractivity contribution in [3.63, 3.8) is 0 Å². The second-order valence-electron chi connectivity index (χ2n) is 6.09. The maximum absolute atomic E-state index is 5.98. The highest BCUT2D eigenvalue weighted by Gasteiger charge is 2.31. The van der Waals surface area contributed by atoms with E-state index < -0.39 is 0 Å². The number of benzene rings is 1. The van der Waals surface area contributed by atoms with E-state index in [1.165, 1.54) is 24.2 Å². The van der Waals surface area contributed by atoms with Gasteiger partial charge >= 0.3 is 0 Å². The zero-order chi connectivity index (χ0) is 14.5. The Balaban J connectivity index is 2.04. The summed E-state index contributed by atoms with van der Waals surface area (Å²) in [4.78, 5) is 1.34. The molecule has 20 heavy (non-hydrogen) atoms. The molecule has 0 amide bonds. The molecule has 0 heterocycles. The average molecular weight is 312 g/mol. The number of nitrogens with one attached hydrogen (secondary N) is 1. The molecule has 1 aromatic rings. The molecular formula is C17H26ClNS. The maximum atomic E-state index is 5.98. The van der Waals surface area contributed by atoms with Crippen LogP contribution in [-0.2, 0) is 0 Å². The van der Waals surface area contributed by atoms with E-state index >= 15 is 0 Å². The van der Waals surface area contributed by atoms with Crippen molar-refractivity contribution in [2.75, 3.05) is 6.54 Å². The molecule has 0 bridgehead atoms. The van der Waals surface area contributed by atoms with Gasteiger partial charge in [0.15, 0.2) is 0 Å². The number of hydrogen-bond acceptors (Lipinski definition) is 2. The van der Waals surface area contributed by atoms with Crippen LogP contribution < -0.4 is 5.32 Å². The molecule has 3 unspecified atom stereocenters. The molecule has 1 saturated carbocycles. The summed E-state index contributed by atoms with van der Waals surface area (Å²) in [6, 6.07) is 8.93. The molecule has 0 aliphatic heterocycles. The lowest BCUT2D eigenvalue weighted by Gasteiger charge is -2.38. The molecule has 2 rings (SSSR count). The first-order chi connectivity index (χ1) is 9.60. The van der Waals surface area contributed by atoms with Gasteiger partial charge in [-0.2, -0.15) is 0 Å². The minimum Gasteiger partial charge on any atom is -0.313 e. The Morgan fingerprint density at radius 3 is 2.55 bits per heavy atom. The van der Waals surface area contributed by atoms with Gasteiger partial charge in [-0.15, -0.1) is 11.8 Å². The molecule has 1 fully saturated rings. The lowest BCUT2D eigenvalue weighted by molar-refractivity contribution is 0.247. The summed E-state index contributed by atoms with van der Waals surface area (Å²) in [7, 11) is 0. The van der Waals surface area contributed by atoms with Crippen LogP contribution in [0.25, 0.3) is 0 Å². The second-order valence-corrected chi connectivity index (χ2v) is 7.84. The Morgan fingerprint density at radius 1 is 1.25 bits per heavy atom. The zero-order valence-electron chi connectivity index (χ0n) is 12.7. The van der Waals surface area contributed by atoms with Crippen LogP contribution in [0.15, 0.2) is 29.2 Å². The SMILES string of the molecule is CCNC1CCC(C(C)C)CC1Sc1ccc(Cl)cc1. The lowest BCUT2D eigenvalue weighted by Crippen LogP contribution is -2.43. The Morgan fingerprint density at radius 2 is 1.95 bits per heavy atom. The molecule has 0 radical (unpaired) electrons. The van der Waals surface area contributed by atoms with Crippen LogP contribution in [0.1, 0.15) is 40.0 Å². The fraction of sp³-hybridized carbons (Fsp3) is 0.647. The summed E-state index contributed by atoms with van der Waals surface area (Å²) in [5.41, 5.74) is 0. The number of rotatable bonds is 5. The van der Waals surface area contributed by atoms with Gasteiger partial charge in [0.05, 0.1) is 0 Å². The minimum atomic E-state index is 0.649. The largest absolute Gasteiger partial charge is 0.313 e. The van der Waals surface area contributed by atoms with E-state index in [1.807, 2.05) is 23.9 Å². The fourth-order valence-corrected chi connectivity index (χ4v) is 4.59.